The number of piperidine rings is 1. The van der Waals surface area contributed by atoms with Crippen molar-refractivity contribution in [3.8, 4) is 11.5 Å². The average molecular weight is 376 g/mol. The number of benzene rings is 1. The van der Waals surface area contributed by atoms with E-state index in [1.54, 1.807) is 18.2 Å². The van der Waals surface area contributed by atoms with E-state index < -0.39 is 30.4 Å². The molecule has 8 nitrogen and oxygen atoms in total. The Hall–Kier alpha value is -3.03. The zero-order valence-corrected chi connectivity index (χ0v) is 15.5. The van der Waals surface area contributed by atoms with Crippen molar-refractivity contribution in [3.05, 3.63) is 29.8 Å². The Labute approximate surface area is 157 Å². The van der Waals surface area contributed by atoms with Crippen molar-refractivity contribution >= 4 is 23.9 Å². The lowest BCUT2D eigenvalue weighted by atomic mass is 10.0. The third kappa shape index (κ3) is 5.22. The van der Waals surface area contributed by atoms with Gasteiger partial charge in [0.15, 0.2) is 18.1 Å². The molecule has 8 heteroatoms. The fourth-order valence-corrected chi connectivity index (χ4v) is 2.99. The normalized spacial score (nSPS) is 16.8. The lowest BCUT2D eigenvalue weighted by molar-refractivity contribution is -0.151. The maximum Gasteiger partial charge on any atom is 0.331 e. The lowest BCUT2D eigenvalue weighted by Gasteiger charge is -2.33. The molecule has 0 radical (unpaired) electrons. The standard InChI is InChI=1S/C19H24N2O6/c1-25-15-8-5-6-13(18(15)26-2)9-10-17(23)27-12-16(22)21-11-4-3-7-14(21)19(20)24/h5-6,8-10,14H,3-4,7,11-12H2,1-2H3,(H2,20,24)/b10-9+/t14-/m1/s1. The highest BCUT2D eigenvalue weighted by Crippen LogP contribution is 2.31. The Balaban J connectivity index is 1.95. The van der Waals surface area contributed by atoms with Crippen LogP contribution in [0.15, 0.2) is 24.3 Å². The Morgan fingerprint density at radius 1 is 1.22 bits per heavy atom. The van der Waals surface area contributed by atoms with E-state index in [-0.39, 0.29) is 0 Å². The molecule has 0 aromatic heterocycles. The maximum atomic E-state index is 12.3. The number of esters is 1. The molecule has 2 N–H and O–H groups in total. The molecule has 1 aliphatic rings. The van der Waals surface area contributed by atoms with Crippen molar-refractivity contribution in [2.24, 2.45) is 5.73 Å². The van der Waals surface area contributed by atoms with Gasteiger partial charge in [-0.25, -0.2) is 4.79 Å². The monoisotopic (exact) mass is 376 g/mol. The van der Waals surface area contributed by atoms with E-state index in [0.717, 1.165) is 12.8 Å². The van der Waals surface area contributed by atoms with E-state index in [4.69, 9.17) is 19.9 Å². The molecular formula is C19H24N2O6. The first-order chi connectivity index (χ1) is 13.0. The quantitative estimate of drug-likeness (QED) is 0.564. The van der Waals surface area contributed by atoms with Crippen LogP contribution in [0.1, 0.15) is 24.8 Å². The maximum absolute atomic E-state index is 12.3. The molecule has 1 aliphatic heterocycles. The number of hydrogen-bond donors (Lipinski definition) is 1. The predicted octanol–water partition coefficient (Wildman–Crippen LogP) is 1.13. The summed E-state index contributed by atoms with van der Waals surface area (Å²) < 4.78 is 15.5. The third-order valence-corrected chi connectivity index (χ3v) is 4.32. The summed E-state index contributed by atoms with van der Waals surface area (Å²) in [7, 11) is 3.02. The van der Waals surface area contributed by atoms with Gasteiger partial charge in [0.05, 0.1) is 14.2 Å². The van der Waals surface area contributed by atoms with E-state index >= 15 is 0 Å². The molecule has 2 amide bonds. The van der Waals surface area contributed by atoms with Crippen LogP contribution in [0.4, 0.5) is 0 Å². The highest BCUT2D eigenvalue weighted by atomic mass is 16.5. The van der Waals surface area contributed by atoms with Gasteiger partial charge in [-0.05, 0) is 31.4 Å². The van der Waals surface area contributed by atoms with Crippen molar-refractivity contribution in [1.29, 1.82) is 0 Å². The third-order valence-electron chi connectivity index (χ3n) is 4.32. The number of rotatable bonds is 7. The van der Waals surface area contributed by atoms with Gasteiger partial charge in [-0.15, -0.1) is 0 Å². The molecule has 1 aromatic rings. The number of para-hydroxylation sites is 1. The predicted molar refractivity (Wildman–Crippen MR) is 98.1 cm³/mol. The number of hydrogen-bond acceptors (Lipinski definition) is 6. The summed E-state index contributed by atoms with van der Waals surface area (Å²) in [6, 6.07) is 4.61. The molecule has 0 aliphatic carbocycles. The van der Waals surface area contributed by atoms with Gasteiger partial charge in [-0.1, -0.05) is 12.1 Å². The summed E-state index contributed by atoms with van der Waals surface area (Å²) in [4.78, 5) is 37.0. The molecule has 1 atom stereocenters. The van der Waals surface area contributed by atoms with Gasteiger partial charge in [0.2, 0.25) is 5.91 Å². The van der Waals surface area contributed by atoms with E-state index in [9.17, 15) is 14.4 Å². The number of nitrogens with zero attached hydrogens (tertiary/aromatic N) is 1. The van der Waals surface area contributed by atoms with Gasteiger partial charge in [0.25, 0.3) is 5.91 Å². The van der Waals surface area contributed by atoms with E-state index in [1.807, 2.05) is 0 Å². The number of carbonyl (C=O) groups excluding carboxylic acids is 3. The summed E-state index contributed by atoms with van der Waals surface area (Å²) in [5.41, 5.74) is 5.97. The van der Waals surface area contributed by atoms with Gasteiger partial charge < -0.3 is 24.8 Å². The van der Waals surface area contributed by atoms with Crippen LogP contribution in [0.5, 0.6) is 11.5 Å². The van der Waals surface area contributed by atoms with Crippen LogP contribution in [0.25, 0.3) is 6.08 Å². The van der Waals surface area contributed by atoms with E-state index in [2.05, 4.69) is 0 Å². The van der Waals surface area contributed by atoms with Crippen LogP contribution >= 0.6 is 0 Å². The molecule has 27 heavy (non-hydrogen) atoms. The van der Waals surface area contributed by atoms with Crippen LogP contribution < -0.4 is 15.2 Å². The van der Waals surface area contributed by atoms with Gasteiger partial charge in [0, 0.05) is 18.2 Å². The average Bonchev–Trinajstić information content (AvgIpc) is 2.69. The molecular weight excluding hydrogens is 352 g/mol. The minimum absolute atomic E-state index is 0.431. The van der Waals surface area contributed by atoms with Gasteiger partial charge >= 0.3 is 5.97 Å². The van der Waals surface area contributed by atoms with Crippen molar-refractivity contribution < 1.29 is 28.6 Å². The zero-order valence-electron chi connectivity index (χ0n) is 15.5. The highest BCUT2D eigenvalue weighted by Gasteiger charge is 2.30. The molecule has 2 rings (SSSR count). The van der Waals surface area contributed by atoms with E-state index in [0.29, 0.717) is 30.0 Å². The second kappa shape index (κ2) is 9.61. The fraction of sp³-hybridized carbons (Fsp3) is 0.421. The minimum atomic E-state index is -0.680. The van der Waals surface area contributed by atoms with Crippen molar-refractivity contribution in [1.82, 2.24) is 4.90 Å². The van der Waals surface area contributed by atoms with Crippen LogP contribution in [-0.4, -0.2) is 56.1 Å². The fourth-order valence-electron chi connectivity index (χ4n) is 2.99. The summed E-state index contributed by atoms with van der Waals surface area (Å²) in [6.45, 7) is -0.0109. The van der Waals surface area contributed by atoms with Crippen molar-refractivity contribution in [2.75, 3.05) is 27.4 Å². The molecule has 0 unspecified atom stereocenters. The molecule has 146 valence electrons. The summed E-state index contributed by atoms with van der Waals surface area (Å²) in [5.74, 6) is -0.636. The van der Waals surface area contributed by atoms with Crippen LogP contribution in [0, 0.1) is 0 Å². The molecule has 0 bridgehead atoms. The Morgan fingerprint density at radius 2 is 2.00 bits per heavy atom. The Kier molecular flexibility index (Phi) is 7.22. The molecule has 1 saturated heterocycles. The summed E-state index contributed by atoms with van der Waals surface area (Å²) in [6.07, 6.45) is 4.87. The number of primary amides is 1. The minimum Gasteiger partial charge on any atom is -0.493 e. The van der Waals surface area contributed by atoms with Gasteiger partial charge in [-0.2, -0.15) is 0 Å². The second-order valence-corrected chi connectivity index (χ2v) is 6.02. The van der Waals surface area contributed by atoms with Crippen LogP contribution in [0.3, 0.4) is 0 Å². The molecule has 1 heterocycles. The highest BCUT2D eigenvalue weighted by molar-refractivity contribution is 5.91. The number of methoxy groups -OCH3 is 2. The lowest BCUT2D eigenvalue weighted by Crippen LogP contribution is -2.51. The molecule has 0 spiro atoms. The first kappa shape index (κ1) is 20.3. The number of nitrogens with two attached hydrogens (primary N) is 1. The molecule has 1 aromatic carbocycles. The van der Waals surface area contributed by atoms with E-state index in [1.165, 1.54) is 31.3 Å². The first-order valence-electron chi connectivity index (χ1n) is 8.62. The zero-order chi connectivity index (χ0) is 19.8. The van der Waals surface area contributed by atoms with Crippen LogP contribution in [0.2, 0.25) is 0 Å². The van der Waals surface area contributed by atoms with Gasteiger partial charge in [-0.3, -0.25) is 9.59 Å². The molecule has 0 saturated carbocycles. The first-order valence-corrected chi connectivity index (χ1v) is 8.62. The molecule has 1 fully saturated rings. The van der Waals surface area contributed by atoms with Crippen LogP contribution in [-0.2, 0) is 19.1 Å². The van der Waals surface area contributed by atoms with Crippen molar-refractivity contribution in [2.45, 2.75) is 25.3 Å². The number of likely N-dealkylation sites (tertiary alicyclic amines) is 1. The number of ether oxygens (including phenoxy) is 3. The number of amides is 2. The van der Waals surface area contributed by atoms with Gasteiger partial charge in [0.1, 0.15) is 6.04 Å². The second-order valence-electron chi connectivity index (χ2n) is 6.02. The summed E-state index contributed by atoms with van der Waals surface area (Å²) >= 11 is 0. The Morgan fingerprint density at radius 3 is 2.67 bits per heavy atom. The summed E-state index contributed by atoms with van der Waals surface area (Å²) in [5, 5.41) is 0. The SMILES string of the molecule is COc1cccc(/C=C/C(=O)OCC(=O)N2CCCC[C@@H]2C(N)=O)c1OC. The number of carbonyl (C=O) groups is 3. The largest absolute Gasteiger partial charge is 0.493 e. The Bertz CT molecular complexity index is 731. The smallest absolute Gasteiger partial charge is 0.331 e. The topological polar surface area (TPSA) is 108 Å². The van der Waals surface area contributed by atoms with Crippen molar-refractivity contribution in [3.63, 3.8) is 0 Å².